The number of ether oxygens (including phenoxy) is 1. The Balaban J connectivity index is 1.85. The third-order valence-corrected chi connectivity index (χ3v) is 6.17. The number of benzene rings is 3. The molecule has 8 nitrogen and oxygen atoms in total. The van der Waals surface area contributed by atoms with Crippen molar-refractivity contribution in [1.29, 1.82) is 0 Å². The Bertz CT molecular complexity index is 1680. The van der Waals surface area contributed by atoms with Crippen LogP contribution in [0, 0.1) is 0 Å². The number of fused-ring (bicyclic) bond motifs is 2. The third kappa shape index (κ3) is 3.88. The van der Waals surface area contributed by atoms with E-state index in [0.717, 1.165) is 10.9 Å². The molecular weight excluding hydrogens is 462 g/mol. The Morgan fingerprint density at radius 3 is 2.50 bits per heavy atom. The molecular formula is C28H21NO7. The number of hydrogen-bond acceptors (Lipinski definition) is 8. The number of nitrogens with zero attached hydrogens (tertiary/aromatic N) is 1. The maximum absolute atomic E-state index is 13.1. The standard InChI is InChI=1S/C28H21NO7/c1-35-22(31)13-18(16-9-10-19-17(12-16)8-5-11-29-19)23-25(32)27(34)26(33)24-20(30)14-21(36-28(23)24)15-6-3-2-4-7-15/h2-12,14,18,32-34H,13H2,1H3/t18-/m1/s1. The first kappa shape index (κ1) is 22.9. The number of carbonyl (C=O) groups is 1. The van der Waals surface area contributed by atoms with Gasteiger partial charge in [0.15, 0.2) is 16.9 Å². The molecule has 0 amide bonds. The second-order valence-corrected chi connectivity index (χ2v) is 8.29. The summed E-state index contributed by atoms with van der Waals surface area (Å²) in [6.07, 6.45) is 1.42. The van der Waals surface area contributed by atoms with Crippen molar-refractivity contribution >= 4 is 27.8 Å². The van der Waals surface area contributed by atoms with Crippen molar-refractivity contribution in [3.8, 4) is 28.6 Å². The van der Waals surface area contributed by atoms with Crippen LogP contribution in [0.4, 0.5) is 0 Å². The van der Waals surface area contributed by atoms with Gasteiger partial charge in [0.05, 0.1) is 19.0 Å². The summed E-state index contributed by atoms with van der Waals surface area (Å²) >= 11 is 0. The molecule has 3 N–H and O–H groups in total. The maximum atomic E-state index is 13.1. The average Bonchev–Trinajstić information content (AvgIpc) is 2.91. The highest BCUT2D eigenvalue weighted by Crippen LogP contribution is 2.49. The minimum Gasteiger partial charge on any atom is -0.504 e. The van der Waals surface area contributed by atoms with Gasteiger partial charge in [-0.05, 0) is 23.8 Å². The Hall–Kier alpha value is -4.85. The van der Waals surface area contributed by atoms with Crippen molar-refractivity contribution in [2.45, 2.75) is 12.3 Å². The summed E-state index contributed by atoms with van der Waals surface area (Å²) in [5, 5.41) is 32.6. The van der Waals surface area contributed by atoms with E-state index in [0.29, 0.717) is 11.1 Å². The van der Waals surface area contributed by atoms with Gasteiger partial charge < -0.3 is 24.5 Å². The lowest BCUT2D eigenvalue weighted by Crippen LogP contribution is -2.12. The SMILES string of the molecule is COC(=O)C[C@H](c1ccc2ncccc2c1)c1c(O)c(O)c(O)c2c(=O)cc(-c3ccccc3)oc12. The zero-order valence-electron chi connectivity index (χ0n) is 19.1. The lowest BCUT2D eigenvalue weighted by Gasteiger charge is -2.21. The molecule has 5 rings (SSSR count). The monoisotopic (exact) mass is 483 g/mol. The molecule has 0 aliphatic carbocycles. The van der Waals surface area contributed by atoms with Gasteiger partial charge in [-0.3, -0.25) is 14.6 Å². The van der Waals surface area contributed by atoms with E-state index in [1.807, 2.05) is 12.1 Å². The second-order valence-electron chi connectivity index (χ2n) is 8.29. The van der Waals surface area contributed by atoms with Gasteiger partial charge in [0.2, 0.25) is 5.75 Å². The minimum atomic E-state index is -0.898. The molecule has 36 heavy (non-hydrogen) atoms. The average molecular weight is 483 g/mol. The van der Waals surface area contributed by atoms with Gasteiger partial charge in [0.1, 0.15) is 16.7 Å². The molecule has 3 aromatic carbocycles. The van der Waals surface area contributed by atoms with Gasteiger partial charge in [-0.25, -0.2) is 0 Å². The zero-order chi connectivity index (χ0) is 25.4. The first-order valence-electron chi connectivity index (χ1n) is 11.1. The van der Waals surface area contributed by atoms with Crippen molar-refractivity contribution in [2.24, 2.45) is 0 Å². The molecule has 0 aliphatic rings. The van der Waals surface area contributed by atoms with E-state index < -0.39 is 34.6 Å². The highest BCUT2D eigenvalue weighted by Gasteiger charge is 2.31. The fourth-order valence-corrected chi connectivity index (χ4v) is 4.39. The number of methoxy groups -OCH3 is 1. The van der Waals surface area contributed by atoms with Gasteiger partial charge >= 0.3 is 5.97 Å². The summed E-state index contributed by atoms with van der Waals surface area (Å²) in [7, 11) is 1.24. The van der Waals surface area contributed by atoms with Crippen LogP contribution in [0.1, 0.15) is 23.5 Å². The van der Waals surface area contributed by atoms with Gasteiger partial charge in [0.25, 0.3) is 0 Å². The first-order valence-corrected chi connectivity index (χ1v) is 11.1. The lowest BCUT2D eigenvalue weighted by molar-refractivity contribution is -0.140. The van der Waals surface area contributed by atoms with Gasteiger partial charge in [-0.1, -0.05) is 42.5 Å². The molecule has 0 bridgehead atoms. The first-order chi connectivity index (χ1) is 17.4. The van der Waals surface area contributed by atoms with Crippen LogP contribution in [-0.4, -0.2) is 33.4 Å². The molecule has 0 fully saturated rings. The fraction of sp³-hybridized carbons (Fsp3) is 0.107. The molecule has 0 saturated carbocycles. The van der Waals surface area contributed by atoms with E-state index in [9.17, 15) is 24.9 Å². The summed E-state index contributed by atoms with van der Waals surface area (Å²) in [5.41, 5.74) is 1.10. The number of pyridine rings is 1. The maximum Gasteiger partial charge on any atom is 0.306 e. The normalized spacial score (nSPS) is 12.0. The number of aromatic nitrogens is 1. The number of rotatable bonds is 5. The van der Waals surface area contributed by atoms with Gasteiger partial charge in [-0.2, -0.15) is 0 Å². The summed E-state index contributed by atoms with van der Waals surface area (Å²) in [4.78, 5) is 29.9. The molecule has 0 unspecified atom stereocenters. The van der Waals surface area contributed by atoms with Crippen LogP contribution in [0.25, 0.3) is 33.2 Å². The molecule has 0 radical (unpaired) electrons. The van der Waals surface area contributed by atoms with Crippen molar-refractivity contribution in [2.75, 3.05) is 7.11 Å². The Labute approximate surface area is 204 Å². The largest absolute Gasteiger partial charge is 0.504 e. The predicted molar refractivity (Wildman–Crippen MR) is 133 cm³/mol. The smallest absolute Gasteiger partial charge is 0.306 e. The van der Waals surface area contributed by atoms with Gasteiger partial charge in [-0.15, -0.1) is 0 Å². The summed E-state index contributed by atoms with van der Waals surface area (Å²) in [5.74, 6) is -3.68. The number of aromatic hydroxyl groups is 3. The topological polar surface area (TPSA) is 130 Å². The molecule has 8 heteroatoms. The Morgan fingerprint density at radius 2 is 1.75 bits per heavy atom. The van der Waals surface area contributed by atoms with E-state index >= 15 is 0 Å². The van der Waals surface area contributed by atoms with Crippen molar-refractivity contribution in [1.82, 2.24) is 4.98 Å². The number of esters is 1. The van der Waals surface area contributed by atoms with Crippen LogP contribution in [0.5, 0.6) is 17.2 Å². The quantitative estimate of drug-likeness (QED) is 0.240. The second kappa shape index (κ2) is 9.07. The Kier molecular flexibility index (Phi) is 5.77. The summed E-state index contributed by atoms with van der Waals surface area (Å²) in [6, 6.07) is 19.0. The highest BCUT2D eigenvalue weighted by molar-refractivity contribution is 5.94. The molecule has 5 aromatic rings. The van der Waals surface area contributed by atoms with Crippen LogP contribution >= 0.6 is 0 Å². The minimum absolute atomic E-state index is 0.0242. The predicted octanol–water partition coefficient (Wildman–Crippen LogP) is 4.82. The van der Waals surface area contributed by atoms with E-state index in [4.69, 9.17) is 9.15 Å². The molecule has 2 heterocycles. The molecule has 1 atom stereocenters. The molecule has 0 spiro atoms. The van der Waals surface area contributed by atoms with Crippen LogP contribution in [0.15, 0.2) is 82.1 Å². The van der Waals surface area contributed by atoms with Crippen LogP contribution in [0.3, 0.4) is 0 Å². The number of phenols is 3. The third-order valence-electron chi connectivity index (χ3n) is 6.17. The van der Waals surface area contributed by atoms with Crippen LogP contribution in [0.2, 0.25) is 0 Å². The van der Waals surface area contributed by atoms with E-state index in [1.54, 1.807) is 54.7 Å². The number of hydrogen-bond donors (Lipinski definition) is 3. The van der Waals surface area contributed by atoms with E-state index in [1.165, 1.54) is 13.2 Å². The highest BCUT2D eigenvalue weighted by atomic mass is 16.5. The zero-order valence-corrected chi connectivity index (χ0v) is 19.1. The van der Waals surface area contributed by atoms with E-state index in [-0.39, 0.29) is 28.7 Å². The van der Waals surface area contributed by atoms with Crippen molar-refractivity contribution < 1.29 is 29.3 Å². The summed E-state index contributed by atoms with van der Waals surface area (Å²) < 4.78 is 11.0. The van der Waals surface area contributed by atoms with Crippen molar-refractivity contribution in [3.05, 3.63) is 94.3 Å². The fourth-order valence-electron chi connectivity index (χ4n) is 4.39. The van der Waals surface area contributed by atoms with Crippen LogP contribution in [-0.2, 0) is 9.53 Å². The Morgan fingerprint density at radius 1 is 0.972 bits per heavy atom. The number of phenolic OH excluding ortho intramolecular Hbond substituents is 3. The molecule has 2 aromatic heterocycles. The van der Waals surface area contributed by atoms with Crippen LogP contribution < -0.4 is 5.43 Å². The molecule has 0 saturated heterocycles. The van der Waals surface area contributed by atoms with Gasteiger partial charge in [0, 0.05) is 34.7 Å². The van der Waals surface area contributed by atoms with Crippen molar-refractivity contribution in [3.63, 3.8) is 0 Å². The lowest BCUT2D eigenvalue weighted by atomic mass is 9.85. The molecule has 180 valence electrons. The van der Waals surface area contributed by atoms with E-state index in [2.05, 4.69) is 4.98 Å². The number of carbonyl (C=O) groups excluding carboxylic acids is 1. The summed E-state index contributed by atoms with van der Waals surface area (Å²) in [6.45, 7) is 0. The molecule has 0 aliphatic heterocycles.